The van der Waals surface area contributed by atoms with Crippen LogP contribution in [-0.2, 0) is 9.53 Å². The number of rotatable bonds is 2. The van der Waals surface area contributed by atoms with Gasteiger partial charge in [-0.1, -0.05) is 0 Å². The molecule has 0 aromatic carbocycles. The van der Waals surface area contributed by atoms with E-state index in [-0.39, 0.29) is 12.3 Å². The number of nitrogens with zero attached hydrogens (tertiary/aromatic N) is 1. The van der Waals surface area contributed by atoms with Gasteiger partial charge in [-0.05, 0) is 12.8 Å². The zero-order valence-electron chi connectivity index (χ0n) is 6.19. The quantitative estimate of drug-likeness (QED) is 0.568. The molecule has 0 bridgehead atoms. The number of carbonyl (C=O) groups is 1. The summed E-state index contributed by atoms with van der Waals surface area (Å²) in [5.41, 5.74) is 0. The monoisotopic (exact) mass is 157 g/mol. The Labute approximate surface area is 64.7 Å². The Bertz CT molecular complexity index is 179. The third-order valence-electron chi connectivity index (χ3n) is 2.26. The molecule has 0 aliphatic carbocycles. The smallest absolute Gasteiger partial charge is 0.320 e. The van der Waals surface area contributed by atoms with Crippen LogP contribution in [0.4, 0.5) is 0 Å². The van der Waals surface area contributed by atoms with Gasteiger partial charge in [-0.25, -0.2) is 0 Å². The fourth-order valence-corrected chi connectivity index (χ4v) is 1.63. The summed E-state index contributed by atoms with van der Waals surface area (Å²) in [5.74, 6) is -0.710. The van der Waals surface area contributed by atoms with Crippen LogP contribution >= 0.6 is 0 Å². The second-order valence-electron chi connectivity index (χ2n) is 3.02. The Morgan fingerprint density at radius 1 is 1.64 bits per heavy atom. The first kappa shape index (κ1) is 7.06. The molecule has 2 fully saturated rings. The Balaban J connectivity index is 2.01. The van der Waals surface area contributed by atoms with Crippen LogP contribution in [0.3, 0.4) is 0 Å². The maximum Gasteiger partial charge on any atom is 0.320 e. The van der Waals surface area contributed by atoms with Crippen LogP contribution in [0.25, 0.3) is 0 Å². The molecule has 2 rings (SSSR count). The molecule has 2 saturated heterocycles. The predicted molar refractivity (Wildman–Crippen MR) is 37.1 cm³/mol. The van der Waals surface area contributed by atoms with Gasteiger partial charge in [0, 0.05) is 6.54 Å². The van der Waals surface area contributed by atoms with Crippen LogP contribution in [0, 0.1) is 0 Å². The average molecular weight is 157 g/mol. The first-order valence-electron chi connectivity index (χ1n) is 3.89. The first-order valence-corrected chi connectivity index (χ1v) is 3.89. The molecule has 0 aromatic rings. The fraction of sp³-hybridized carbons (Fsp3) is 0.857. The highest BCUT2D eigenvalue weighted by Gasteiger charge is 2.41. The summed E-state index contributed by atoms with van der Waals surface area (Å²) < 4.78 is 5.04. The van der Waals surface area contributed by atoms with E-state index in [4.69, 9.17) is 9.84 Å². The summed E-state index contributed by atoms with van der Waals surface area (Å²) in [6, 6.07) is -0.289. The molecule has 0 radical (unpaired) electrons. The van der Waals surface area contributed by atoms with Crippen LogP contribution < -0.4 is 0 Å². The number of carboxylic acids is 1. The molecule has 2 atom stereocenters. The van der Waals surface area contributed by atoms with Crippen molar-refractivity contribution in [2.45, 2.75) is 25.1 Å². The van der Waals surface area contributed by atoms with Crippen molar-refractivity contribution < 1.29 is 14.6 Å². The lowest BCUT2D eigenvalue weighted by atomic mass is 10.2. The Kier molecular flexibility index (Phi) is 1.58. The minimum atomic E-state index is -0.710. The van der Waals surface area contributed by atoms with E-state index >= 15 is 0 Å². The third kappa shape index (κ3) is 1.23. The Morgan fingerprint density at radius 2 is 2.36 bits per heavy atom. The van der Waals surface area contributed by atoms with E-state index in [2.05, 4.69) is 0 Å². The van der Waals surface area contributed by atoms with E-state index < -0.39 is 5.97 Å². The van der Waals surface area contributed by atoms with Crippen molar-refractivity contribution in [1.82, 2.24) is 4.90 Å². The molecule has 62 valence electrons. The fourth-order valence-electron chi connectivity index (χ4n) is 1.63. The van der Waals surface area contributed by atoms with Gasteiger partial charge in [-0.15, -0.1) is 0 Å². The van der Waals surface area contributed by atoms with Gasteiger partial charge in [0.15, 0.2) is 0 Å². The highest BCUT2D eigenvalue weighted by molar-refractivity contribution is 5.73. The van der Waals surface area contributed by atoms with E-state index in [1.54, 1.807) is 0 Å². The van der Waals surface area contributed by atoms with Crippen molar-refractivity contribution in [3.63, 3.8) is 0 Å². The van der Waals surface area contributed by atoms with Gasteiger partial charge >= 0.3 is 5.97 Å². The number of aliphatic carboxylic acids is 1. The highest BCUT2D eigenvalue weighted by Crippen LogP contribution is 2.26. The Hall–Kier alpha value is -0.610. The maximum atomic E-state index is 10.6. The summed E-state index contributed by atoms with van der Waals surface area (Å²) in [5, 5.41) is 8.76. The van der Waals surface area contributed by atoms with Crippen LogP contribution in [0.5, 0.6) is 0 Å². The van der Waals surface area contributed by atoms with Gasteiger partial charge in [0.05, 0.1) is 6.61 Å². The summed E-state index contributed by atoms with van der Waals surface area (Å²) in [6.07, 6.45) is 1.87. The highest BCUT2D eigenvalue weighted by atomic mass is 16.6. The number of carboxylic acid groups (broad SMARTS) is 1. The molecule has 11 heavy (non-hydrogen) atoms. The molecule has 2 heterocycles. The van der Waals surface area contributed by atoms with E-state index in [9.17, 15) is 4.79 Å². The van der Waals surface area contributed by atoms with Crippen molar-refractivity contribution in [2.24, 2.45) is 0 Å². The number of hydrogen-bond donors (Lipinski definition) is 1. The summed E-state index contributed by atoms with van der Waals surface area (Å²) in [6.45, 7) is 1.59. The normalized spacial score (nSPS) is 37.5. The molecule has 4 nitrogen and oxygen atoms in total. The number of epoxide rings is 1. The van der Waals surface area contributed by atoms with Gasteiger partial charge in [-0.2, -0.15) is 0 Å². The second kappa shape index (κ2) is 2.46. The van der Waals surface area contributed by atoms with Crippen LogP contribution in [-0.4, -0.2) is 41.4 Å². The molecule has 1 unspecified atom stereocenters. The summed E-state index contributed by atoms with van der Waals surface area (Å²) >= 11 is 0. The van der Waals surface area contributed by atoms with Crippen molar-refractivity contribution in [2.75, 3.05) is 13.2 Å². The van der Waals surface area contributed by atoms with Crippen molar-refractivity contribution in [3.05, 3.63) is 0 Å². The molecule has 0 spiro atoms. The molecular weight excluding hydrogens is 146 g/mol. The van der Waals surface area contributed by atoms with Crippen molar-refractivity contribution in [1.29, 1.82) is 0 Å². The van der Waals surface area contributed by atoms with E-state index in [1.165, 1.54) is 0 Å². The van der Waals surface area contributed by atoms with Crippen molar-refractivity contribution in [3.8, 4) is 0 Å². The standard InChI is InChI=1S/C7H11NO3/c9-7(10)5-2-1-3-8(5)6-4-11-6/h5-6H,1-4H2,(H,9,10)/t5-,6?/m0/s1. The SMILES string of the molecule is O=C(O)[C@@H]1CCCN1C1CO1. The van der Waals surface area contributed by atoms with Crippen molar-refractivity contribution >= 4 is 5.97 Å². The minimum absolute atomic E-state index is 0.110. The molecular formula is C7H11NO3. The molecule has 2 aliphatic heterocycles. The number of likely N-dealkylation sites (tertiary alicyclic amines) is 1. The summed E-state index contributed by atoms with van der Waals surface area (Å²) in [7, 11) is 0. The summed E-state index contributed by atoms with van der Waals surface area (Å²) in [4.78, 5) is 12.6. The molecule has 1 N–H and O–H groups in total. The third-order valence-corrected chi connectivity index (χ3v) is 2.26. The largest absolute Gasteiger partial charge is 0.480 e. The molecule has 0 aromatic heterocycles. The van der Waals surface area contributed by atoms with E-state index in [0.717, 1.165) is 19.4 Å². The van der Waals surface area contributed by atoms with Crippen LogP contribution in [0.2, 0.25) is 0 Å². The zero-order chi connectivity index (χ0) is 7.84. The zero-order valence-corrected chi connectivity index (χ0v) is 6.19. The van der Waals surface area contributed by atoms with Gasteiger partial charge < -0.3 is 9.84 Å². The van der Waals surface area contributed by atoms with Gasteiger partial charge in [0.25, 0.3) is 0 Å². The molecule has 0 saturated carbocycles. The van der Waals surface area contributed by atoms with Crippen LogP contribution in [0.15, 0.2) is 0 Å². The number of ether oxygens (including phenoxy) is 1. The lowest BCUT2D eigenvalue weighted by Gasteiger charge is -2.17. The lowest BCUT2D eigenvalue weighted by molar-refractivity contribution is -0.142. The molecule has 4 heteroatoms. The Morgan fingerprint density at radius 3 is 2.91 bits per heavy atom. The second-order valence-corrected chi connectivity index (χ2v) is 3.02. The average Bonchev–Trinajstić information content (AvgIpc) is 2.68. The van der Waals surface area contributed by atoms with Gasteiger partial charge in [-0.3, -0.25) is 9.69 Å². The minimum Gasteiger partial charge on any atom is -0.480 e. The first-order chi connectivity index (χ1) is 5.29. The maximum absolute atomic E-state index is 10.6. The molecule has 2 aliphatic rings. The predicted octanol–water partition coefficient (Wildman–Crippen LogP) is -0.108. The molecule has 0 amide bonds. The lowest BCUT2D eigenvalue weighted by Crippen LogP contribution is -2.37. The van der Waals surface area contributed by atoms with Gasteiger partial charge in [0.2, 0.25) is 0 Å². The number of hydrogen-bond acceptors (Lipinski definition) is 3. The van der Waals surface area contributed by atoms with E-state index in [1.807, 2.05) is 4.90 Å². The van der Waals surface area contributed by atoms with E-state index in [0.29, 0.717) is 6.61 Å². The topological polar surface area (TPSA) is 53.1 Å². The van der Waals surface area contributed by atoms with Crippen LogP contribution in [0.1, 0.15) is 12.8 Å². The van der Waals surface area contributed by atoms with Gasteiger partial charge in [0.1, 0.15) is 12.3 Å².